The molecule has 4 aromatic rings. The minimum absolute atomic E-state index is 0.340. The molecule has 0 bridgehead atoms. The van der Waals surface area contributed by atoms with Crippen molar-refractivity contribution in [2.24, 2.45) is 0 Å². The SMILES string of the molecule is COc1ccc2c(CSc3nnc(-c4ccc(F)cc4)n3N)cc(=O)oc2c1. The van der Waals surface area contributed by atoms with Crippen molar-refractivity contribution in [2.45, 2.75) is 10.9 Å². The zero-order valence-electron chi connectivity index (χ0n) is 14.8. The van der Waals surface area contributed by atoms with Crippen LogP contribution in [0.15, 0.2) is 62.9 Å². The number of fused-ring (bicyclic) bond motifs is 1. The van der Waals surface area contributed by atoms with E-state index in [0.717, 1.165) is 10.9 Å². The molecule has 7 nitrogen and oxygen atoms in total. The predicted octanol–water partition coefficient (Wildman–Crippen LogP) is 3.21. The van der Waals surface area contributed by atoms with E-state index in [0.29, 0.717) is 33.6 Å². The molecule has 0 fully saturated rings. The maximum absolute atomic E-state index is 13.1. The normalized spacial score (nSPS) is 11.1. The van der Waals surface area contributed by atoms with Crippen molar-refractivity contribution in [3.63, 3.8) is 0 Å². The average Bonchev–Trinajstić information content (AvgIpc) is 3.06. The smallest absolute Gasteiger partial charge is 0.336 e. The van der Waals surface area contributed by atoms with E-state index in [1.165, 1.54) is 34.6 Å². The standard InChI is InChI=1S/C19H15FN4O3S/c1-26-14-6-7-15-12(8-17(25)27-16(15)9-14)10-28-19-23-22-18(24(19)21)11-2-4-13(20)5-3-11/h2-9H,10,21H2,1H3. The summed E-state index contributed by atoms with van der Waals surface area (Å²) in [6, 6.07) is 12.6. The summed E-state index contributed by atoms with van der Waals surface area (Å²) in [6.45, 7) is 0. The van der Waals surface area contributed by atoms with E-state index in [1.54, 1.807) is 31.4 Å². The summed E-state index contributed by atoms with van der Waals surface area (Å²) < 4.78 is 24.9. The quantitative estimate of drug-likeness (QED) is 0.313. The van der Waals surface area contributed by atoms with Crippen LogP contribution in [0.2, 0.25) is 0 Å². The molecule has 0 unspecified atom stereocenters. The van der Waals surface area contributed by atoms with Crippen LogP contribution in [0.3, 0.4) is 0 Å². The van der Waals surface area contributed by atoms with Gasteiger partial charge in [0.2, 0.25) is 5.16 Å². The monoisotopic (exact) mass is 398 g/mol. The van der Waals surface area contributed by atoms with Crippen LogP contribution in [0.4, 0.5) is 4.39 Å². The summed E-state index contributed by atoms with van der Waals surface area (Å²) in [7, 11) is 1.55. The second-order valence-electron chi connectivity index (χ2n) is 5.92. The Morgan fingerprint density at radius 3 is 2.71 bits per heavy atom. The maximum atomic E-state index is 13.1. The molecular weight excluding hydrogens is 383 g/mol. The van der Waals surface area contributed by atoms with Gasteiger partial charge in [-0.3, -0.25) is 0 Å². The molecule has 0 aliphatic rings. The van der Waals surface area contributed by atoms with Gasteiger partial charge in [0.15, 0.2) is 5.82 Å². The second kappa shape index (κ2) is 7.35. The van der Waals surface area contributed by atoms with Crippen LogP contribution < -0.4 is 16.2 Å². The lowest BCUT2D eigenvalue weighted by atomic mass is 10.1. The molecular formula is C19H15FN4O3S. The number of halogens is 1. The fraction of sp³-hybridized carbons (Fsp3) is 0.105. The van der Waals surface area contributed by atoms with Gasteiger partial charge in [-0.25, -0.2) is 13.9 Å². The lowest BCUT2D eigenvalue weighted by molar-refractivity contribution is 0.414. The van der Waals surface area contributed by atoms with Gasteiger partial charge in [0.1, 0.15) is 17.1 Å². The largest absolute Gasteiger partial charge is 0.497 e. The third-order valence-electron chi connectivity index (χ3n) is 4.16. The first-order valence-corrected chi connectivity index (χ1v) is 9.24. The molecule has 2 heterocycles. The molecule has 0 amide bonds. The minimum atomic E-state index is -0.447. The van der Waals surface area contributed by atoms with Crippen molar-refractivity contribution in [3.05, 3.63) is 70.3 Å². The lowest BCUT2D eigenvalue weighted by Crippen LogP contribution is -2.11. The van der Waals surface area contributed by atoms with E-state index >= 15 is 0 Å². The van der Waals surface area contributed by atoms with Gasteiger partial charge in [0.05, 0.1) is 7.11 Å². The number of nitrogens with two attached hydrogens (primary N) is 1. The Morgan fingerprint density at radius 1 is 1.18 bits per heavy atom. The number of benzene rings is 2. The van der Waals surface area contributed by atoms with Crippen LogP contribution >= 0.6 is 11.8 Å². The zero-order chi connectivity index (χ0) is 19.7. The molecule has 142 valence electrons. The van der Waals surface area contributed by atoms with Crippen molar-refractivity contribution < 1.29 is 13.5 Å². The molecule has 9 heteroatoms. The van der Waals surface area contributed by atoms with Crippen LogP contribution in [-0.2, 0) is 5.75 Å². The molecule has 0 spiro atoms. The second-order valence-corrected chi connectivity index (χ2v) is 6.87. The Bertz CT molecular complexity index is 1200. The highest BCUT2D eigenvalue weighted by molar-refractivity contribution is 7.98. The summed E-state index contributed by atoms with van der Waals surface area (Å²) in [6.07, 6.45) is 0. The van der Waals surface area contributed by atoms with Crippen molar-refractivity contribution in [2.75, 3.05) is 13.0 Å². The molecule has 0 aliphatic heterocycles. The Morgan fingerprint density at radius 2 is 1.96 bits per heavy atom. The van der Waals surface area contributed by atoms with Crippen LogP contribution in [0.25, 0.3) is 22.4 Å². The highest BCUT2D eigenvalue weighted by atomic mass is 32.2. The maximum Gasteiger partial charge on any atom is 0.336 e. The van der Waals surface area contributed by atoms with Crippen LogP contribution in [0.1, 0.15) is 5.56 Å². The summed E-state index contributed by atoms with van der Waals surface area (Å²) in [5.41, 5.74) is 1.44. The zero-order valence-corrected chi connectivity index (χ0v) is 15.6. The summed E-state index contributed by atoms with van der Waals surface area (Å²) in [4.78, 5) is 11.9. The summed E-state index contributed by atoms with van der Waals surface area (Å²) >= 11 is 1.33. The molecule has 0 saturated heterocycles. The fourth-order valence-electron chi connectivity index (χ4n) is 2.77. The molecule has 28 heavy (non-hydrogen) atoms. The predicted molar refractivity (Wildman–Crippen MR) is 104 cm³/mol. The van der Waals surface area contributed by atoms with Gasteiger partial charge >= 0.3 is 5.63 Å². The van der Waals surface area contributed by atoms with Crippen LogP contribution in [0.5, 0.6) is 5.75 Å². The number of aromatic nitrogens is 3. The van der Waals surface area contributed by atoms with E-state index in [1.807, 2.05) is 6.07 Å². The Hall–Kier alpha value is -3.33. The van der Waals surface area contributed by atoms with Gasteiger partial charge in [0, 0.05) is 28.8 Å². The fourth-order valence-corrected chi connectivity index (χ4v) is 3.62. The van der Waals surface area contributed by atoms with Crippen molar-refractivity contribution in [1.82, 2.24) is 14.9 Å². The van der Waals surface area contributed by atoms with E-state index in [-0.39, 0.29) is 5.82 Å². The number of thioether (sulfide) groups is 1. The molecule has 0 aliphatic carbocycles. The van der Waals surface area contributed by atoms with Gasteiger partial charge in [-0.05, 0) is 42.0 Å². The number of hydrogen-bond donors (Lipinski definition) is 1. The number of nitrogens with zero attached hydrogens (tertiary/aromatic N) is 3. The van der Waals surface area contributed by atoms with Crippen molar-refractivity contribution in [1.29, 1.82) is 0 Å². The topological polar surface area (TPSA) is 96.2 Å². The number of nitrogen functional groups attached to an aromatic ring is 1. The molecule has 2 aromatic carbocycles. The highest BCUT2D eigenvalue weighted by Gasteiger charge is 2.14. The third-order valence-corrected chi connectivity index (χ3v) is 5.15. The molecule has 0 radical (unpaired) electrons. The number of methoxy groups -OCH3 is 1. The van der Waals surface area contributed by atoms with E-state index in [2.05, 4.69) is 10.2 Å². The van der Waals surface area contributed by atoms with Gasteiger partial charge in [0.25, 0.3) is 0 Å². The third kappa shape index (κ3) is 3.44. The van der Waals surface area contributed by atoms with Crippen molar-refractivity contribution in [3.8, 4) is 17.1 Å². The summed E-state index contributed by atoms with van der Waals surface area (Å²) in [5, 5.41) is 9.44. The van der Waals surface area contributed by atoms with E-state index < -0.39 is 5.63 Å². The molecule has 4 rings (SSSR count). The first kappa shape index (κ1) is 18.1. The van der Waals surface area contributed by atoms with Crippen LogP contribution in [-0.4, -0.2) is 22.0 Å². The lowest BCUT2D eigenvalue weighted by Gasteiger charge is -2.07. The first-order valence-electron chi connectivity index (χ1n) is 8.25. The molecule has 2 N–H and O–H groups in total. The van der Waals surface area contributed by atoms with Gasteiger partial charge < -0.3 is 15.0 Å². The van der Waals surface area contributed by atoms with Gasteiger partial charge in [-0.15, -0.1) is 10.2 Å². The molecule has 0 atom stereocenters. The molecule has 2 aromatic heterocycles. The van der Waals surface area contributed by atoms with Crippen molar-refractivity contribution >= 4 is 22.7 Å². The Balaban J connectivity index is 1.62. The van der Waals surface area contributed by atoms with E-state index in [9.17, 15) is 9.18 Å². The summed E-state index contributed by atoms with van der Waals surface area (Å²) in [5.74, 6) is 7.22. The first-order chi connectivity index (χ1) is 13.5. The van der Waals surface area contributed by atoms with Crippen LogP contribution in [0, 0.1) is 5.82 Å². The van der Waals surface area contributed by atoms with Gasteiger partial charge in [-0.2, -0.15) is 0 Å². The Labute approximate surface area is 162 Å². The number of ether oxygens (including phenoxy) is 1. The number of rotatable bonds is 5. The minimum Gasteiger partial charge on any atom is -0.497 e. The average molecular weight is 398 g/mol. The highest BCUT2D eigenvalue weighted by Crippen LogP contribution is 2.28. The Kier molecular flexibility index (Phi) is 4.74. The van der Waals surface area contributed by atoms with Gasteiger partial charge in [-0.1, -0.05) is 11.8 Å². The number of hydrogen-bond acceptors (Lipinski definition) is 7. The van der Waals surface area contributed by atoms with E-state index in [4.69, 9.17) is 15.0 Å². The molecule has 0 saturated carbocycles.